The summed E-state index contributed by atoms with van der Waals surface area (Å²) < 4.78 is 4.12. The summed E-state index contributed by atoms with van der Waals surface area (Å²) in [6, 6.07) is 10.1. The summed E-state index contributed by atoms with van der Waals surface area (Å²) in [4.78, 5) is 8.96. The van der Waals surface area contributed by atoms with Gasteiger partial charge in [0.25, 0.3) is 0 Å². The van der Waals surface area contributed by atoms with Gasteiger partial charge in [0.05, 0.1) is 24.3 Å². The molecule has 5 nitrogen and oxygen atoms in total. The lowest BCUT2D eigenvalue weighted by molar-refractivity contribution is 0.613. The van der Waals surface area contributed by atoms with Crippen LogP contribution >= 0.6 is 0 Å². The van der Waals surface area contributed by atoms with E-state index in [0.717, 1.165) is 30.9 Å². The Kier molecular flexibility index (Phi) is 3.03. The van der Waals surface area contributed by atoms with E-state index in [2.05, 4.69) is 19.6 Å². The van der Waals surface area contributed by atoms with Crippen molar-refractivity contribution in [1.29, 1.82) is 0 Å². The van der Waals surface area contributed by atoms with Crippen molar-refractivity contribution in [1.82, 2.24) is 24.3 Å². The van der Waals surface area contributed by atoms with Crippen LogP contribution in [-0.2, 0) is 19.4 Å². The molecule has 0 aliphatic heterocycles. The second-order valence-corrected chi connectivity index (χ2v) is 5.40. The van der Waals surface area contributed by atoms with Crippen molar-refractivity contribution in [3.05, 3.63) is 60.2 Å². The summed E-state index contributed by atoms with van der Waals surface area (Å²) in [6.45, 7) is 0.719. The molecule has 21 heavy (non-hydrogen) atoms. The molecule has 3 aromatic rings. The van der Waals surface area contributed by atoms with Gasteiger partial charge < -0.3 is 4.57 Å². The minimum absolute atomic E-state index is 0.719. The standard InChI is InChI=1S/C16H17N5/c1-2-6-13(7-3-1)21-16(17-11-19-21)10-20-12-18-14-8-4-5-9-15(14)20/h1-3,6-7,11-12H,4-5,8-10H2. The van der Waals surface area contributed by atoms with E-state index in [-0.39, 0.29) is 0 Å². The maximum absolute atomic E-state index is 4.55. The highest BCUT2D eigenvalue weighted by atomic mass is 15.3. The number of hydrogen-bond acceptors (Lipinski definition) is 3. The molecule has 0 radical (unpaired) electrons. The van der Waals surface area contributed by atoms with Gasteiger partial charge in [-0.15, -0.1) is 0 Å². The zero-order chi connectivity index (χ0) is 14.1. The molecule has 1 aliphatic rings. The fraction of sp³-hybridized carbons (Fsp3) is 0.312. The van der Waals surface area contributed by atoms with Gasteiger partial charge in [-0.05, 0) is 37.8 Å². The molecule has 0 saturated carbocycles. The fourth-order valence-electron chi connectivity index (χ4n) is 2.98. The number of imidazole rings is 1. The van der Waals surface area contributed by atoms with Gasteiger partial charge in [0, 0.05) is 5.69 Å². The minimum Gasteiger partial charge on any atom is -0.327 e. The Labute approximate surface area is 123 Å². The van der Waals surface area contributed by atoms with E-state index in [1.165, 1.54) is 24.2 Å². The molecular weight excluding hydrogens is 262 g/mol. The van der Waals surface area contributed by atoms with Crippen molar-refractivity contribution < 1.29 is 0 Å². The lowest BCUT2D eigenvalue weighted by atomic mass is 10.0. The van der Waals surface area contributed by atoms with Crippen LogP contribution in [0, 0.1) is 0 Å². The lowest BCUT2D eigenvalue weighted by Crippen LogP contribution is -2.12. The highest BCUT2D eigenvalue weighted by molar-refractivity contribution is 5.31. The summed E-state index contributed by atoms with van der Waals surface area (Å²) in [5.74, 6) is 0.937. The van der Waals surface area contributed by atoms with Crippen LogP contribution in [0.4, 0.5) is 0 Å². The number of para-hydroxylation sites is 1. The minimum atomic E-state index is 0.719. The van der Waals surface area contributed by atoms with Crippen LogP contribution in [0.2, 0.25) is 0 Å². The van der Waals surface area contributed by atoms with Crippen molar-refractivity contribution >= 4 is 0 Å². The SMILES string of the molecule is c1ccc(-n2ncnc2Cn2cnc3c2CCCC3)cc1. The van der Waals surface area contributed by atoms with Crippen molar-refractivity contribution in [2.45, 2.75) is 32.2 Å². The maximum Gasteiger partial charge on any atom is 0.152 e. The van der Waals surface area contributed by atoms with Crippen LogP contribution < -0.4 is 0 Å². The lowest BCUT2D eigenvalue weighted by Gasteiger charge is -2.14. The molecular formula is C16H17N5. The number of aryl methyl sites for hydroxylation is 1. The number of nitrogens with zero attached hydrogens (tertiary/aromatic N) is 5. The smallest absolute Gasteiger partial charge is 0.152 e. The second kappa shape index (κ2) is 5.16. The van der Waals surface area contributed by atoms with Crippen molar-refractivity contribution in [2.75, 3.05) is 0 Å². The van der Waals surface area contributed by atoms with E-state index in [1.54, 1.807) is 6.33 Å². The molecule has 0 saturated heterocycles. The van der Waals surface area contributed by atoms with E-state index in [1.807, 2.05) is 41.3 Å². The maximum atomic E-state index is 4.55. The van der Waals surface area contributed by atoms with Gasteiger partial charge in [-0.1, -0.05) is 18.2 Å². The third-order valence-electron chi connectivity index (χ3n) is 4.04. The molecule has 5 heteroatoms. The van der Waals surface area contributed by atoms with Crippen LogP contribution in [0.5, 0.6) is 0 Å². The second-order valence-electron chi connectivity index (χ2n) is 5.40. The topological polar surface area (TPSA) is 48.5 Å². The Morgan fingerprint density at radius 2 is 1.86 bits per heavy atom. The van der Waals surface area contributed by atoms with Crippen LogP contribution in [0.3, 0.4) is 0 Å². The largest absolute Gasteiger partial charge is 0.327 e. The quantitative estimate of drug-likeness (QED) is 0.739. The third-order valence-corrected chi connectivity index (χ3v) is 4.04. The highest BCUT2D eigenvalue weighted by Gasteiger charge is 2.16. The molecule has 0 bridgehead atoms. The number of fused-ring (bicyclic) bond motifs is 1. The average molecular weight is 279 g/mol. The van der Waals surface area contributed by atoms with E-state index in [9.17, 15) is 0 Å². The highest BCUT2D eigenvalue weighted by Crippen LogP contribution is 2.20. The van der Waals surface area contributed by atoms with Gasteiger partial charge in [0.15, 0.2) is 5.82 Å². The summed E-state index contributed by atoms with van der Waals surface area (Å²) in [6.07, 6.45) is 8.29. The summed E-state index contributed by atoms with van der Waals surface area (Å²) in [7, 11) is 0. The number of aromatic nitrogens is 5. The molecule has 0 unspecified atom stereocenters. The Balaban J connectivity index is 1.67. The molecule has 1 aromatic carbocycles. The first-order chi connectivity index (χ1) is 10.4. The molecule has 106 valence electrons. The Morgan fingerprint density at radius 1 is 1.00 bits per heavy atom. The van der Waals surface area contributed by atoms with Crippen LogP contribution in [0.15, 0.2) is 43.0 Å². The van der Waals surface area contributed by atoms with Crippen LogP contribution in [0.25, 0.3) is 5.69 Å². The molecule has 0 fully saturated rings. The summed E-state index contributed by atoms with van der Waals surface area (Å²) in [5, 5.41) is 4.35. The predicted molar refractivity (Wildman–Crippen MR) is 79.3 cm³/mol. The molecule has 0 atom stereocenters. The Bertz CT molecular complexity index is 741. The van der Waals surface area contributed by atoms with Crippen molar-refractivity contribution in [2.24, 2.45) is 0 Å². The van der Waals surface area contributed by atoms with E-state index in [4.69, 9.17) is 0 Å². The van der Waals surface area contributed by atoms with Gasteiger partial charge >= 0.3 is 0 Å². The van der Waals surface area contributed by atoms with E-state index in [0.29, 0.717) is 0 Å². The van der Waals surface area contributed by atoms with Gasteiger partial charge in [-0.3, -0.25) is 0 Å². The van der Waals surface area contributed by atoms with Gasteiger partial charge in [0.2, 0.25) is 0 Å². The van der Waals surface area contributed by atoms with E-state index >= 15 is 0 Å². The molecule has 1 aliphatic carbocycles. The zero-order valence-electron chi connectivity index (χ0n) is 11.8. The first-order valence-corrected chi connectivity index (χ1v) is 7.39. The molecule has 0 amide bonds. The number of benzene rings is 1. The monoisotopic (exact) mass is 279 g/mol. The first kappa shape index (κ1) is 12.3. The van der Waals surface area contributed by atoms with E-state index < -0.39 is 0 Å². The normalized spacial score (nSPS) is 14.1. The molecule has 0 spiro atoms. The van der Waals surface area contributed by atoms with Crippen LogP contribution in [-0.4, -0.2) is 24.3 Å². The van der Waals surface area contributed by atoms with Crippen LogP contribution in [0.1, 0.15) is 30.1 Å². The zero-order valence-corrected chi connectivity index (χ0v) is 11.8. The van der Waals surface area contributed by atoms with Crippen molar-refractivity contribution in [3.63, 3.8) is 0 Å². The molecule has 2 heterocycles. The summed E-state index contributed by atoms with van der Waals surface area (Å²) in [5.41, 5.74) is 3.66. The fourth-order valence-corrected chi connectivity index (χ4v) is 2.98. The molecule has 0 N–H and O–H groups in total. The average Bonchev–Trinajstić information content (AvgIpc) is 3.16. The first-order valence-electron chi connectivity index (χ1n) is 7.39. The Morgan fingerprint density at radius 3 is 2.76 bits per heavy atom. The third kappa shape index (κ3) is 2.24. The van der Waals surface area contributed by atoms with Gasteiger partial charge in [-0.25, -0.2) is 14.6 Å². The van der Waals surface area contributed by atoms with Gasteiger partial charge in [-0.2, -0.15) is 5.10 Å². The number of hydrogen-bond donors (Lipinski definition) is 0. The number of rotatable bonds is 3. The summed E-state index contributed by atoms with van der Waals surface area (Å²) >= 11 is 0. The Hall–Kier alpha value is -2.43. The molecule has 4 rings (SSSR count). The molecule has 2 aromatic heterocycles. The van der Waals surface area contributed by atoms with Gasteiger partial charge in [0.1, 0.15) is 6.33 Å². The van der Waals surface area contributed by atoms with Crippen molar-refractivity contribution in [3.8, 4) is 5.69 Å². The predicted octanol–water partition coefficient (Wildman–Crippen LogP) is 2.39.